The van der Waals surface area contributed by atoms with Crippen molar-refractivity contribution in [2.45, 2.75) is 27.7 Å². The molecule has 0 aromatic heterocycles. The van der Waals surface area contributed by atoms with E-state index in [1.807, 2.05) is 7.05 Å². The van der Waals surface area contributed by atoms with Crippen LogP contribution in [-0.2, 0) is 0 Å². The molecule has 1 nitrogen and oxygen atoms in total. The third-order valence-corrected chi connectivity index (χ3v) is 3.15. The van der Waals surface area contributed by atoms with Crippen molar-refractivity contribution >= 4 is 0 Å². The Bertz CT molecular complexity index is 231. The molecule has 0 heterocycles. The zero-order valence-electron chi connectivity index (χ0n) is 8.73. The number of nitrogens with one attached hydrogen (secondary N) is 1. The van der Waals surface area contributed by atoms with Gasteiger partial charge >= 0.3 is 0 Å². The maximum atomic E-state index is 3.17. The van der Waals surface area contributed by atoms with E-state index in [9.17, 15) is 0 Å². The summed E-state index contributed by atoms with van der Waals surface area (Å²) in [4.78, 5) is 0. The molecule has 0 radical (unpaired) electrons. The number of likely N-dealkylation sites (N-methyl/N-ethyl adjacent to an activating group) is 1. The Morgan fingerprint density at radius 1 is 1.08 bits per heavy atom. The van der Waals surface area contributed by atoms with E-state index < -0.39 is 0 Å². The van der Waals surface area contributed by atoms with Gasteiger partial charge in [0.15, 0.2) is 0 Å². The van der Waals surface area contributed by atoms with Crippen molar-refractivity contribution in [1.29, 1.82) is 0 Å². The number of hydrogen-bond acceptors (Lipinski definition) is 1. The van der Waals surface area contributed by atoms with Gasteiger partial charge in [0.2, 0.25) is 0 Å². The standard InChI is InChI=1S/C11H19N/c1-10(2)7-6-9(12-5)8-11(10,3)4/h6-8,12H,1-5H3. The molecule has 1 rings (SSSR count). The molecule has 0 saturated carbocycles. The fourth-order valence-corrected chi connectivity index (χ4v) is 1.29. The highest BCUT2D eigenvalue weighted by atomic mass is 14.8. The van der Waals surface area contributed by atoms with Crippen LogP contribution < -0.4 is 5.32 Å². The predicted octanol–water partition coefficient (Wildman–Crippen LogP) is 2.71. The summed E-state index contributed by atoms with van der Waals surface area (Å²) in [7, 11) is 1.96. The fourth-order valence-electron chi connectivity index (χ4n) is 1.29. The van der Waals surface area contributed by atoms with Gasteiger partial charge in [-0.05, 0) is 16.9 Å². The molecule has 0 fully saturated rings. The van der Waals surface area contributed by atoms with Gasteiger partial charge in [-0.3, -0.25) is 0 Å². The first-order valence-corrected chi connectivity index (χ1v) is 4.49. The lowest BCUT2D eigenvalue weighted by atomic mass is 9.65. The van der Waals surface area contributed by atoms with Crippen molar-refractivity contribution in [3.05, 3.63) is 23.9 Å². The molecule has 0 atom stereocenters. The summed E-state index contributed by atoms with van der Waals surface area (Å²) in [5, 5.41) is 3.17. The first-order chi connectivity index (χ1) is 5.39. The van der Waals surface area contributed by atoms with Crippen LogP contribution in [0.4, 0.5) is 0 Å². The summed E-state index contributed by atoms with van der Waals surface area (Å²) in [6.45, 7) is 9.08. The van der Waals surface area contributed by atoms with Gasteiger partial charge < -0.3 is 5.32 Å². The van der Waals surface area contributed by atoms with E-state index in [2.05, 4.69) is 51.2 Å². The van der Waals surface area contributed by atoms with Gasteiger partial charge in [-0.2, -0.15) is 0 Å². The van der Waals surface area contributed by atoms with Crippen molar-refractivity contribution in [3.63, 3.8) is 0 Å². The minimum Gasteiger partial charge on any atom is -0.388 e. The Morgan fingerprint density at radius 2 is 1.67 bits per heavy atom. The molecule has 0 aromatic carbocycles. The molecular weight excluding hydrogens is 146 g/mol. The van der Waals surface area contributed by atoms with Crippen molar-refractivity contribution in [2.75, 3.05) is 7.05 Å². The molecule has 1 aliphatic carbocycles. The molecule has 1 heteroatoms. The summed E-state index contributed by atoms with van der Waals surface area (Å²) < 4.78 is 0. The molecule has 0 spiro atoms. The molecule has 0 bridgehead atoms. The lowest BCUT2D eigenvalue weighted by molar-refractivity contribution is 0.226. The Kier molecular flexibility index (Phi) is 2.07. The zero-order valence-corrected chi connectivity index (χ0v) is 8.73. The van der Waals surface area contributed by atoms with Crippen LogP contribution in [0.3, 0.4) is 0 Å². The van der Waals surface area contributed by atoms with E-state index in [-0.39, 0.29) is 10.8 Å². The SMILES string of the molecule is CNC1=CC(C)(C)C(C)(C)C=C1. The quantitative estimate of drug-likeness (QED) is 0.630. The van der Waals surface area contributed by atoms with Crippen molar-refractivity contribution < 1.29 is 0 Å². The number of allylic oxidation sites excluding steroid dienone is 3. The summed E-state index contributed by atoms with van der Waals surface area (Å²) >= 11 is 0. The van der Waals surface area contributed by atoms with Crippen LogP contribution in [0.2, 0.25) is 0 Å². The average Bonchev–Trinajstić information content (AvgIpc) is 1.95. The average molecular weight is 165 g/mol. The molecule has 0 aliphatic heterocycles. The second kappa shape index (κ2) is 2.65. The van der Waals surface area contributed by atoms with Gasteiger partial charge in [-0.1, -0.05) is 39.8 Å². The highest BCUT2D eigenvalue weighted by Crippen LogP contribution is 2.43. The van der Waals surface area contributed by atoms with E-state index in [0.717, 1.165) is 0 Å². The molecule has 12 heavy (non-hydrogen) atoms. The molecule has 0 aromatic rings. The Hall–Kier alpha value is -0.720. The molecule has 0 saturated heterocycles. The van der Waals surface area contributed by atoms with Gasteiger partial charge in [-0.15, -0.1) is 0 Å². The smallest absolute Gasteiger partial charge is 0.0299 e. The van der Waals surface area contributed by atoms with Crippen molar-refractivity contribution in [2.24, 2.45) is 10.8 Å². The van der Waals surface area contributed by atoms with E-state index in [0.29, 0.717) is 0 Å². The molecule has 1 aliphatic rings. The van der Waals surface area contributed by atoms with E-state index in [4.69, 9.17) is 0 Å². The second-order valence-corrected chi connectivity index (χ2v) is 4.63. The predicted molar refractivity (Wildman–Crippen MR) is 53.8 cm³/mol. The number of hydrogen-bond donors (Lipinski definition) is 1. The van der Waals surface area contributed by atoms with Gasteiger partial charge in [-0.25, -0.2) is 0 Å². The van der Waals surface area contributed by atoms with Crippen LogP contribution in [0, 0.1) is 10.8 Å². The Balaban J connectivity index is 2.99. The monoisotopic (exact) mass is 165 g/mol. The normalized spacial score (nSPS) is 24.9. The first kappa shape index (κ1) is 9.37. The van der Waals surface area contributed by atoms with Crippen LogP contribution >= 0.6 is 0 Å². The summed E-state index contributed by atoms with van der Waals surface area (Å²) in [5.41, 5.74) is 1.72. The minimum absolute atomic E-state index is 0.236. The molecule has 1 N–H and O–H groups in total. The molecule has 0 unspecified atom stereocenters. The number of rotatable bonds is 1. The first-order valence-electron chi connectivity index (χ1n) is 4.49. The van der Waals surface area contributed by atoms with E-state index in [1.54, 1.807) is 0 Å². The van der Waals surface area contributed by atoms with Gasteiger partial charge in [0.1, 0.15) is 0 Å². The largest absolute Gasteiger partial charge is 0.388 e. The maximum Gasteiger partial charge on any atom is 0.0299 e. The lowest BCUT2D eigenvalue weighted by Crippen LogP contribution is -2.32. The van der Waals surface area contributed by atoms with Crippen LogP contribution in [-0.4, -0.2) is 7.05 Å². The molecular formula is C11H19N. The van der Waals surface area contributed by atoms with E-state index in [1.165, 1.54) is 5.70 Å². The lowest BCUT2D eigenvalue weighted by Gasteiger charge is -2.40. The fraction of sp³-hybridized carbons (Fsp3) is 0.636. The molecule has 68 valence electrons. The highest BCUT2D eigenvalue weighted by molar-refractivity contribution is 5.29. The Labute approximate surface area is 75.6 Å². The van der Waals surface area contributed by atoms with Crippen LogP contribution in [0.15, 0.2) is 23.9 Å². The van der Waals surface area contributed by atoms with Crippen LogP contribution in [0.5, 0.6) is 0 Å². The van der Waals surface area contributed by atoms with Gasteiger partial charge in [0, 0.05) is 12.7 Å². The Morgan fingerprint density at radius 3 is 2.08 bits per heavy atom. The molecule has 0 amide bonds. The summed E-state index contributed by atoms with van der Waals surface area (Å²) in [5.74, 6) is 0. The highest BCUT2D eigenvalue weighted by Gasteiger charge is 2.35. The van der Waals surface area contributed by atoms with Gasteiger partial charge in [0.25, 0.3) is 0 Å². The van der Waals surface area contributed by atoms with Crippen LogP contribution in [0.1, 0.15) is 27.7 Å². The van der Waals surface area contributed by atoms with Crippen molar-refractivity contribution in [1.82, 2.24) is 5.32 Å². The van der Waals surface area contributed by atoms with Gasteiger partial charge in [0.05, 0.1) is 0 Å². The van der Waals surface area contributed by atoms with Crippen LogP contribution in [0.25, 0.3) is 0 Å². The summed E-state index contributed by atoms with van der Waals surface area (Å²) in [6, 6.07) is 0. The maximum absolute atomic E-state index is 3.17. The zero-order chi connectivity index (χ0) is 9.41. The second-order valence-electron chi connectivity index (χ2n) is 4.63. The third kappa shape index (κ3) is 1.40. The summed E-state index contributed by atoms with van der Waals surface area (Å²) in [6.07, 6.45) is 6.73. The minimum atomic E-state index is 0.236. The van der Waals surface area contributed by atoms with Crippen molar-refractivity contribution in [3.8, 4) is 0 Å². The van der Waals surface area contributed by atoms with E-state index >= 15 is 0 Å². The topological polar surface area (TPSA) is 12.0 Å². The third-order valence-electron chi connectivity index (χ3n) is 3.15.